The standard InChI is InChI=1S/C10H14O6S/c11-6-5-8(12)10(13)7-3-1-2-4-9(7)17(14,15)16/h1-4,8,10-13H,5-6H2,(H,14,15,16). The molecule has 2 unspecified atom stereocenters. The maximum Gasteiger partial charge on any atom is 0.294 e. The van der Waals surface area contributed by atoms with Gasteiger partial charge in [0.1, 0.15) is 6.10 Å². The molecule has 2 atom stereocenters. The molecule has 0 fully saturated rings. The topological polar surface area (TPSA) is 115 Å². The molecule has 0 amide bonds. The zero-order valence-electron chi connectivity index (χ0n) is 8.89. The molecule has 0 heterocycles. The predicted molar refractivity (Wildman–Crippen MR) is 58.9 cm³/mol. The van der Waals surface area contributed by atoms with Crippen molar-refractivity contribution in [2.45, 2.75) is 23.5 Å². The zero-order valence-corrected chi connectivity index (χ0v) is 9.71. The van der Waals surface area contributed by atoms with E-state index in [1.807, 2.05) is 0 Å². The lowest BCUT2D eigenvalue weighted by Crippen LogP contribution is -2.21. The second-order valence-corrected chi connectivity index (χ2v) is 4.93. The van der Waals surface area contributed by atoms with Gasteiger partial charge in [0.05, 0.1) is 11.0 Å². The van der Waals surface area contributed by atoms with Crippen LogP contribution in [0.1, 0.15) is 18.1 Å². The smallest absolute Gasteiger partial charge is 0.294 e. The second-order valence-electron chi connectivity index (χ2n) is 3.54. The first-order valence-corrected chi connectivity index (χ1v) is 6.35. The summed E-state index contributed by atoms with van der Waals surface area (Å²) >= 11 is 0. The van der Waals surface area contributed by atoms with Gasteiger partial charge in [-0.2, -0.15) is 8.42 Å². The fourth-order valence-electron chi connectivity index (χ4n) is 1.46. The number of benzene rings is 1. The van der Waals surface area contributed by atoms with Gasteiger partial charge >= 0.3 is 0 Å². The number of hydrogen-bond donors (Lipinski definition) is 4. The van der Waals surface area contributed by atoms with Crippen molar-refractivity contribution in [2.24, 2.45) is 0 Å². The average Bonchev–Trinajstić information content (AvgIpc) is 2.27. The van der Waals surface area contributed by atoms with Gasteiger partial charge in [-0.15, -0.1) is 0 Å². The third-order valence-electron chi connectivity index (χ3n) is 2.30. The first-order valence-electron chi connectivity index (χ1n) is 4.91. The van der Waals surface area contributed by atoms with E-state index in [0.717, 1.165) is 6.07 Å². The molecular weight excluding hydrogens is 248 g/mol. The summed E-state index contributed by atoms with van der Waals surface area (Å²) in [5.41, 5.74) is -0.101. The summed E-state index contributed by atoms with van der Waals surface area (Å²) in [6.07, 6.45) is -2.88. The van der Waals surface area contributed by atoms with Crippen LogP contribution in [0.5, 0.6) is 0 Å². The number of aliphatic hydroxyl groups excluding tert-OH is 3. The van der Waals surface area contributed by atoms with Crippen LogP contribution in [0.4, 0.5) is 0 Å². The van der Waals surface area contributed by atoms with E-state index in [0.29, 0.717) is 0 Å². The predicted octanol–water partition coefficient (Wildman–Crippen LogP) is -0.290. The summed E-state index contributed by atoms with van der Waals surface area (Å²) in [7, 11) is -4.46. The molecule has 1 aromatic rings. The maximum atomic E-state index is 11.1. The Balaban J connectivity index is 3.14. The van der Waals surface area contributed by atoms with Crippen LogP contribution in [-0.4, -0.2) is 41.0 Å². The van der Waals surface area contributed by atoms with Gasteiger partial charge in [-0.25, -0.2) is 0 Å². The van der Waals surface area contributed by atoms with Gasteiger partial charge in [-0.3, -0.25) is 4.55 Å². The molecule has 6 nitrogen and oxygen atoms in total. The highest BCUT2D eigenvalue weighted by Gasteiger charge is 2.24. The Morgan fingerprint density at radius 3 is 2.29 bits per heavy atom. The second kappa shape index (κ2) is 5.56. The van der Waals surface area contributed by atoms with E-state index < -0.39 is 27.2 Å². The van der Waals surface area contributed by atoms with E-state index in [2.05, 4.69) is 0 Å². The lowest BCUT2D eigenvalue weighted by Gasteiger charge is -2.19. The molecule has 0 aliphatic rings. The molecule has 1 aromatic carbocycles. The number of rotatable bonds is 5. The van der Waals surface area contributed by atoms with E-state index >= 15 is 0 Å². The Kier molecular flexibility index (Phi) is 4.61. The first-order chi connectivity index (χ1) is 7.88. The van der Waals surface area contributed by atoms with Crippen molar-refractivity contribution in [3.63, 3.8) is 0 Å². The summed E-state index contributed by atoms with van der Waals surface area (Å²) in [4.78, 5) is -0.454. The van der Waals surface area contributed by atoms with Crippen LogP contribution in [0.25, 0.3) is 0 Å². The normalized spacial score (nSPS) is 15.5. The van der Waals surface area contributed by atoms with E-state index in [1.165, 1.54) is 18.2 Å². The van der Waals surface area contributed by atoms with Crippen molar-refractivity contribution in [3.05, 3.63) is 29.8 Å². The Hall–Kier alpha value is -0.990. The Morgan fingerprint density at radius 2 is 1.76 bits per heavy atom. The first kappa shape index (κ1) is 14.1. The minimum absolute atomic E-state index is 0.0963. The summed E-state index contributed by atoms with van der Waals surface area (Å²) in [6.45, 7) is -0.341. The van der Waals surface area contributed by atoms with Gasteiger partial charge in [0.2, 0.25) is 0 Å². The van der Waals surface area contributed by atoms with Crippen LogP contribution in [0, 0.1) is 0 Å². The van der Waals surface area contributed by atoms with Crippen LogP contribution < -0.4 is 0 Å². The van der Waals surface area contributed by atoms with Gasteiger partial charge in [-0.1, -0.05) is 18.2 Å². The third kappa shape index (κ3) is 3.48. The fraction of sp³-hybridized carbons (Fsp3) is 0.400. The summed E-state index contributed by atoms with van der Waals surface area (Å²) in [5.74, 6) is 0. The molecule has 0 bridgehead atoms. The summed E-state index contributed by atoms with van der Waals surface area (Å²) < 4.78 is 31.1. The van der Waals surface area contributed by atoms with Gasteiger partial charge in [-0.05, 0) is 12.5 Å². The van der Waals surface area contributed by atoms with E-state index in [-0.39, 0.29) is 18.6 Å². The molecule has 0 spiro atoms. The fourth-order valence-corrected chi connectivity index (χ4v) is 2.19. The molecule has 0 saturated heterocycles. The lowest BCUT2D eigenvalue weighted by molar-refractivity contribution is 0.00269. The SMILES string of the molecule is O=S(=O)(O)c1ccccc1C(O)C(O)CCO. The van der Waals surface area contributed by atoms with Gasteiger partial charge in [0.25, 0.3) is 10.1 Å². The minimum atomic E-state index is -4.46. The minimum Gasteiger partial charge on any atom is -0.396 e. The monoisotopic (exact) mass is 262 g/mol. The van der Waals surface area contributed by atoms with E-state index in [9.17, 15) is 18.6 Å². The molecular formula is C10H14O6S. The van der Waals surface area contributed by atoms with E-state index in [4.69, 9.17) is 9.66 Å². The number of aliphatic hydroxyl groups is 3. The summed E-state index contributed by atoms with van der Waals surface area (Å²) in [6, 6.07) is 5.27. The van der Waals surface area contributed by atoms with Gasteiger partial charge < -0.3 is 15.3 Å². The van der Waals surface area contributed by atoms with Crippen molar-refractivity contribution in [1.82, 2.24) is 0 Å². The lowest BCUT2D eigenvalue weighted by atomic mass is 10.0. The molecule has 1 rings (SSSR count). The van der Waals surface area contributed by atoms with Crippen LogP contribution in [0.15, 0.2) is 29.2 Å². The molecule has 17 heavy (non-hydrogen) atoms. The highest BCUT2D eigenvalue weighted by Crippen LogP contribution is 2.25. The molecule has 4 N–H and O–H groups in total. The quantitative estimate of drug-likeness (QED) is 0.542. The molecule has 96 valence electrons. The van der Waals surface area contributed by atoms with Crippen molar-refractivity contribution in [3.8, 4) is 0 Å². The molecule has 0 aliphatic carbocycles. The Morgan fingerprint density at radius 1 is 1.18 bits per heavy atom. The molecule has 7 heteroatoms. The van der Waals surface area contributed by atoms with Crippen molar-refractivity contribution in [2.75, 3.05) is 6.61 Å². The van der Waals surface area contributed by atoms with Gasteiger partial charge in [0.15, 0.2) is 0 Å². The Bertz CT molecular complexity index is 469. The van der Waals surface area contributed by atoms with Crippen molar-refractivity contribution in [1.29, 1.82) is 0 Å². The molecule has 0 aliphatic heterocycles. The van der Waals surface area contributed by atoms with E-state index in [1.54, 1.807) is 0 Å². The molecule has 0 saturated carbocycles. The summed E-state index contributed by atoms with van der Waals surface area (Å²) in [5, 5.41) is 27.8. The average molecular weight is 262 g/mol. The highest BCUT2D eigenvalue weighted by molar-refractivity contribution is 7.85. The van der Waals surface area contributed by atoms with Crippen molar-refractivity contribution >= 4 is 10.1 Å². The van der Waals surface area contributed by atoms with Crippen molar-refractivity contribution < 1.29 is 28.3 Å². The third-order valence-corrected chi connectivity index (χ3v) is 3.23. The number of hydrogen-bond acceptors (Lipinski definition) is 5. The largest absolute Gasteiger partial charge is 0.396 e. The van der Waals surface area contributed by atoms with Crippen LogP contribution in [-0.2, 0) is 10.1 Å². The van der Waals surface area contributed by atoms with Crippen LogP contribution >= 0.6 is 0 Å². The molecule has 0 radical (unpaired) electrons. The Labute approximate surface area is 98.9 Å². The van der Waals surface area contributed by atoms with Crippen LogP contribution in [0.3, 0.4) is 0 Å². The maximum absolute atomic E-state index is 11.1. The zero-order chi connectivity index (χ0) is 13.1. The van der Waals surface area contributed by atoms with Gasteiger partial charge in [0, 0.05) is 12.2 Å². The highest BCUT2D eigenvalue weighted by atomic mass is 32.2. The molecule has 0 aromatic heterocycles. The van der Waals surface area contributed by atoms with Crippen LogP contribution in [0.2, 0.25) is 0 Å².